The molecule has 3 aromatic rings. The summed E-state index contributed by atoms with van der Waals surface area (Å²) in [5.74, 6) is 1.34. The monoisotopic (exact) mass is 519 g/mol. The molecule has 0 saturated heterocycles. The van der Waals surface area contributed by atoms with E-state index >= 15 is 0 Å². The van der Waals surface area contributed by atoms with Crippen LogP contribution in [0.3, 0.4) is 0 Å². The van der Waals surface area contributed by atoms with Crippen LogP contribution in [0.2, 0.25) is 0 Å². The van der Waals surface area contributed by atoms with E-state index in [-0.39, 0.29) is 5.91 Å². The number of carbonyl (C=O) groups excluding carboxylic acids is 2. The molecule has 0 spiro atoms. The van der Waals surface area contributed by atoms with Gasteiger partial charge in [-0.25, -0.2) is 14.8 Å². The van der Waals surface area contributed by atoms with Crippen molar-refractivity contribution in [1.29, 1.82) is 0 Å². The van der Waals surface area contributed by atoms with Crippen LogP contribution in [0.1, 0.15) is 0 Å². The fourth-order valence-corrected chi connectivity index (χ4v) is 3.39. The number of amides is 2. The van der Waals surface area contributed by atoms with Crippen molar-refractivity contribution < 1.29 is 19.1 Å². The number of anilines is 5. The Hall–Kier alpha value is -4.64. The first-order valence-corrected chi connectivity index (χ1v) is 11.8. The van der Waals surface area contributed by atoms with Crippen molar-refractivity contribution in [3.8, 4) is 11.5 Å². The van der Waals surface area contributed by atoms with Gasteiger partial charge in [-0.3, -0.25) is 9.69 Å². The lowest BCUT2D eigenvalue weighted by Gasteiger charge is -2.26. The molecule has 1 aromatic heterocycles. The average molecular weight is 520 g/mol. The molecule has 11 heteroatoms. The third-order valence-electron chi connectivity index (χ3n) is 5.54. The molecule has 2 amide bonds. The number of aromatic nitrogens is 2. The molecule has 0 aliphatic carbocycles. The van der Waals surface area contributed by atoms with E-state index in [1.54, 1.807) is 50.6 Å². The summed E-state index contributed by atoms with van der Waals surface area (Å²) in [5, 5.41) is 6.06. The first kappa shape index (κ1) is 27.9. The van der Waals surface area contributed by atoms with E-state index in [0.717, 1.165) is 18.8 Å². The Morgan fingerprint density at radius 3 is 2.39 bits per heavy atom. The predicted octanol–water partition coefficient (Wildman–Crippen LogP) is 3.99. The zero-order valence-electron chi connectivity index (χ0n) is 22.3. The molecule has 0 radical (unpaired) electrons. The Kier molecular flexibility index (Phi) is 9.60. The lowest BCUT2D eigenvalue weighted by Crippen LogP contribution is -2.30. The number of hydrogen-bond acceptors (Lipinski definition) is 9. The average Bonchev–Trinajstić information content (AvgIpc) is 2.92. The molecule has 0 bridgehead atoms. The smallest absolute Gasteiger partial charge is 0.420 e. The molecule has 1 heterocycles. The van der Waals surface area contributed by atoms with Gasteiger partial charge in [0.2, 0.25) is 5.91 Å². The largest absolute Gasteiger partial charge is 0.494 e. The van der Waals surface area contributed by atoms with E-state index < -0.39 is 6.09 Å². The zero-order valence-corrected chi connectivity index (χ0v) is 22.3. The number of carbonyl (C=O) groups is 2. The van der Waals surface area contributed by atoms with Crippen LogP contribution < -0.4 is 29.9 Å². The van der Waals surface area contributed by atoms with Crippen molar-refractivity contribution in [1.82, 2.24) is 14.9 Å². The molecule has 200 valence electrons. The fourth-order valence-electron chi connectivity index (χ4n) is 3.39. The van der Waals surface area contributed by atoms with E-state index in [0.29, 0.717) is 34.5 Å². The van der Waals surface area contributed by atoms with Crippen molar-refractivity contribution in [2.24, 2.45) is 0 Å². The minimum Gasteiger partial charge on any atom is -0.494 e. The van der Waals surface area contributed by atoms with Gasteiger partial charge < -0.3 is 29.9 Å². The van der Waals surface area contributed by atoms with Crippen LogP contribution in [0.25, 0.3) is 0 Å². The number of methoxy groups -OCH3 is 1. The van der Waals surface area contributed by atoms with Crippen LogP contribution in [0.4, 0.5) is 33.5 Å². The van der Waals surface area contributed by atoms with Crippen LogP contribution in [0.15, 0.2) is 67.5 Å². The number of nitrogens with zero attached hydrogens (tertiary/aromatic N) is 5. The van der Waals surface area contributed by atoms with Crippen LogP contribution in [-0.2, 0) is 4.79 Å². The molecular formula is C27H33N7O4. The van der Waals surface area contributed by atoms with Gasteiger partial charge in [-0.05, 0) is 38.4 Å². The Bertz CT molecular complexity index is 1270. The molecule has 0 aliphatic rings. The highest BCUT2D eigenvalue weighted by atomic mass is 16.6. The Morgan fingerprint density at radius 1 is 1.00 bits per heavy atom. The number of rotatable bonds is 11. The second-order valence-electron chi connectivity index (χ2n) is 8.61. The highest BCUT2D eigenvalue weighted by Gasteiger charge is 2.18. The van der Waals surface area contributed by atoms with E-state index in [4.69, 9.17) is 9.47 Å². The quantitative estimate of drug-likeness (QED) is 0.363. The van der Waals surface area contributed by atoms with E-state index in [1.807, 2.05) is 38.2 Å². The fraction of sp³-hybridized carbons (Fsp3) is 0.259. The summed E-state index contributed by atoms with van der Waals surface area (Å²) in [5.41, 5.74) is 1.89. The minimum atomic E-state index is -0.599. The molecule has 11 nitrogen and oxygen atoms in total. The van der Waals surface area contributed by atoms with Crippen LogP contribution in [0, 0.1) is 0 Å². The lowest BCUT2D eigenvalue weighted by molar-refractivity contribution is -0.111. The van der Waals surface area contributed by atoms with Crippen molar-refractivity contribution in [2.75, 3.05) is 68.8 Å². The molecule has 38 heavy (non-hydrogen) atoms. The Labute approximate surface area is 222 Å². The van der Waals surface area contributed by atoms with E-state index in [2.05, 4.69) is 32.1 Å². The third kappa shape index (κ3) is 7.43. The molecule has 2 N–H and O–H groups in total. The van der Waals surface area contributed by atoms with Gasteiger partial charge in [-0.2, -0.15) is 0 Å². The Balaban J connectivity index is 1.88. The summed E-state index contributed by atoms with van der Waals surface area (Å²) < 4.78 is 11.0. The maximum Gasteiger partial charge on any atom is 0.420 e. The van der Waals surface area contributed by atoms with Gasteiger partial charge in [0.25, 0.3) is 0 Å². The second-order valence-corrected chi connectivity index (χ2v) is 8.61. The van der Waals surface area contributed by atoms with Gasteiger partial charge in [0, 0.05) is 39.3 Å². The van der Waals surface area contributed by atoms with Gasteiger partial charge in [0.05, 0.1) is 24.2 Å². The molecule has 0 unspecified atom stereocenters. The molecule has 0 aliphatic heterocycles. The first-order valence-electron chi connectivity index (χ1n) is 11.8. The van der Waals surface area contributed by atoms with E-state index in [9.17, 15) is 9.59 Å². The molecule has 0 fully saturated rings. The van der Waals surface area contributed by atoms with Crippen LogP contribution in [0.5, 0.6) is 11.5 Å². The molecule has 0 atom stereocenters. The SMILES string of the molecule is C=CC(=O)Nc1cc(Nc2cc(N(C)C(=O)Oc3ccccc3)ncn2)c(OC)cc1N(C)CCN(C)C. The minimum absolute atomic E-state index is 0.322. The highest BCUT2D eigenvalue weighted by molar-refractivity contribution is 6.02. The maximum atomic E-state index is 12.6. The summed E-state index contributed by atoms with van der Waals surface area (Å²) in [6.45, 7) is 5.09. The molecule has 2 aromatic carbocycles. The van der Waals surface area contributed by atoms with Crippen LogP contribution in [-0.4, -0.2) is 75.3 Å². The summed E-state index contributed by atoms with van der Waals surface area (Å²) in [6.07, 6.45) is 1.94. The third-order valence-corrected chi connectivity index (χ3v) is 5.54. The summed E-state index contributed by atoms with van der Waals surface area (Å²) >= 11 is 0. The number of nitrogens with one attached hydrogen (secondary N) is 2. The number of hydrogen-bond donors (Lipinski definition) is 2. The maximum absolute atomic E-state index is 12.6. The van der Waals surface area contributed by atoms with Gasteiger partial charge in [-0.15, -0.1) is 0 Å². The summed E-state index contributed by atoms with van der Waals surface area (Å²) in [6, 6.07) is 14.0. The zero-order chi connectivity index (χ0) is 27.7. The molecule has 0 saturated carbocycles. The van der Waals surface area contributed by atoms with Crippen molar-refractivity contribution in [3.63, 3.8) is 0 Å². The lowest BCUT2D eigenvalue weighted by atomic mass is 10.2. The number of likely N-dealkylation sites (N-methyl/N-ethyl adjacent to an activating group) is 2. The topological polar surface area (TPSA) is 112 Å². The van der Waals surface area contributed by atoms with Gasteiger partial charge in [0.1, 0.15) is 29.5 Å². The number of ether oxygens (including phenoxy) is 2. The standard InChI is InChI=1S/C27H33N7O4/c1-7-26(35)31-20-15-21(23(37-6)16-22(20)33(4)14-13-32(2)3)30-24-17-25(29-18-28-24)34(5)27(36)38-19-11-9-8-10-12-19/h7-12,15-18H,1,13-14H2,2-6H3,(H,31,35)(H,28,29,30). The van der Waals surface area contributed by atoms with Crippen molar-refractivity contribution in [3.05, 3.63) is 67.5 Å². The highest BCUT2D eigenvalue weighted by Crippen LogP contribution is 2.38. The number of para-hydroxylation sites is 1. The van der Waals surface area contributed by atoms with Gasteiger partial charge >= 0.3 is 6.09 Å². The number of benzene rings is 2. The molecule has 3 rings (SSSR count). The van der Waals surface area contributed by atoms with E-state index in [1.165, 1.54) is 17.3 Å². The van der Waals surface area contributed by atoms with Gasteiger partial charge in [-0.1, -0.05) is 24.8 Å². The van der Waals surface area contributed by atoms with Crippen molar-refractivity contribution >= 4 is 40.7 Å². The van der Waals surface area contributed by atoms with Gasteiger partial charge in [0.15, 0.2) is 0 Å². The predicted molar refractivity (Wildman–Crippen MR) is 150 cm³/mol. The first-order chi connectivity index (χ1) is 18.2. The molecular weight excluding hydrogens is 486 g/mol. The Morgan fingerprint density at radius 2 is 1.74 bits per heavy atom. The second kappa shape index (κ2) is 13.1. The summed E-state index contributed by atoms with van der Waals surface area (Å²) in [7, 11) is 9.05. The summed E-state index contributed by atoms with van der Waals surface area (Å²) in [4.78, 5) is 38.6. The van der Waals surface area contributed by atoms with Crippen molar-refractivity contribution in [2.45, 2.75) is 0 Å². The normalized spacial score (nSPS) is 10.5. The van der Waals surface area contributed by atoms with Crippen LogP contribution >= 0.6 is 0 Å².